The molecule has 0 bridgehead atoms. The third-order valence-electron chi connectivity index (χ3n) is 12.7. The van der Waals surface area contributed by atoms with Gasteiger partial charge in [0.15, 0.2) is 5.82 Å². The molecule has 5 amide bonds. The van der Waals surface area contributed by atoms with Gasteiger partial charge < -0.3 is 35.4 Å². The van der Waals surface area contributed by atoms with Gasteiger partial charge in [0.1, 0.15) is 17.8 Å². The molecule has 15 nitrogen and oxygen atoms in total. The van der Waals surface area contributed by atoms with Crippen molar-refractivity contribution >= 4 is 52.7 Å². The van der Waals surface area contributed by atoms with Gasteiger partial charge in [-0.2, -0.15) is 4.98 Å². The van der Waals surface area contributed by atoms with Gasteiger partial charge in [-0.05, 0) is 93.3 Å². The van der Waals surface area contributed by atoms with Crippen molar-refractivity contribution in [3.63, 3.8) is 0 Å². The number of ether oxygens (including phenoxy) is 1. The fourth-order valence-electron chi connectivity index (χ4n) is 9.41. The molecule has 4 N–H and O–H groups in total. The first-order valence-electron chi connectivity index (χ1n) is 21.9. The number of anilines is 4. The largest absolute Gasteiger partial charge is 0.379 e. The van der Waals surface area contributed by atoms with Crippen LogP contribution in [0.4, 0.5) is 23.1 Å². The molecule has 1 saturated heterocycles. The maximum Gasteiger partial charge on any atom is 0.255 e. The average Bonchev–Trinajstić information content (AvgIpc) is 3.92. The van der Waals surface area contributed by atoms with Crippen LogP contribution < -0.4 is 31.1 Å². The smallest absolute Gasteiger partial charge is 0.255 e. The second kappa shape index (κ2) is 18.8. The Morgan fingerprint density at radius 2 is 1.72 bits per heavy atom. The lowest BCUT2D eigenvalue weighted by Crippen LogP contribution is -2.55. The minimum Gasteiger partial charge on any atom is -0.379 e. The van der Waals surface area contributed by atoms with E-state index in [9.17, 15) is 24.0 Å². The molecular formula is C46H55N9O6. The number of carbonyl (C=O) groups excluding carboxylic acids is 5. The van der Waals surface area contributed by atoms with Crippen LogP contribution in [0.2, 0.25) is 0 Å². The summed E-state index contributed by atoms with van der Waals surface area (Å²) in [6.45, 7) is 4.13. The topological polar surface area (TPSA) is 178 Å². The summed E-state index contributed by atoms with van der Waals surface area (Å²) in [7, 11) is 1.80. The van der Waals surface area contributed by atoms with Crippen LogP contribution in [-0.2, 0) is 25.7 Å². The molecule has 2 atom stereocenters. The van der Waals surface area contributed by atoms with Crippen molar-refractivity contribution in [2.45, 2.75) is 121 Å². The zero-order valence-electron chi connectivity index (χ0n) is 35.0. The lowest BCUT2D eigenvalue weighted by molar-refractivity contribution is -0.137. The second-order valence-electron chi connectivity index (χ2n) is 16.6. The van der Waals surface area contributed by atoms with Gasteiger partial charge in [-0.1, -0.05) is 37.7 Å². The van der Waals surface area contributed by atoms with Crippen molar-refractivity contribution in [1.82, 2.24) is 30.8 Å². The van der Waals surface area contributed by atoms with Crippen LogP contribution in [0.15, 0.2) is 48.7 Å². The van der Waals surface area contributed by atoms with Crippen molar-refractivity contribution in [1.29, 1.82) is 0 Å². The molecule has 320 valence electrons. The van der Waals surface area contributed by atoms with Gasteiger partial charge in [0.2, 0.25) is 23.7 Å². The highest BCUT2D eigenvalue weighted by Gasteiger charge is 2.42. The zero-order valence-corrected chi connectivity index (χ0v) is 35.0. The number of fused-ring (bicyclic) bond motifs is 2. The Bertz CT molecular complexity index is 2210. The maximum absolute atomic E-state index is 13.2. The minimum absolute atomic E-state index is 0.0848. The van der Waals surface area contributed by atoms with Gasteiger partial charge in [-0.15, -0.1) is 0 Å². The molecule has 2 aromatic carbocycles. The molecule has 0 radical (unpaired) electrons. The van der Waals surface area contributed by atoms with Crippen molar-refractivity contribution in [3.05, 3.63) is 70.9 Å². The van der Waals surface area contributed by atoms with Crippen molar-refractivity contribution < 1.29 is 28.7 Å². The third-order valence-corrected chi connectivity index (χ3v) is 12.7. The van der Waals surface area contributed by atoms with Gasteiger partial charge in [-0.3, -0.25) is 29.3 Å². The van der Waals surface area contributed by atoms with Crippen molar-refractivity contribution in [2.75, 3.05) is 41.9 Å². The SMILES string of the molecule is CC[C@@H]1C(=O)N(C)c2cnc(Nc3ccc(C(=O)N[C@H]4CC[C@@H](NCCOCCC#Cc5cccc6c5CN(C5CCC(=O)NC5=O)C6=O)CC4)cc3)nc2N1C1CCCC1. The fourth-order valence-corrected chi connectivity index (χ4v) is 9.41. The van der Waals surface area contributed by atoms with E-state index in [-0.39, 0.29) is 42.1 Å². The average molecular weight is 830 g/mol. The third kappa shape index (κ3) is 9.25. The second-order valence-corrected chi connectivity index (χ2v) is 16.6. The summed E-state index contributed by atoms with van der Waals surface area (Å²) < 4.78 is 5.83. The molecule has 1 unspecified atom stereocenters. The minimum atomic E-state index is -0.652. The van der Waals surface area contributed by atoms with E-state index in [4.69, 9.17) is 9.72 Å². The molecular weight excluding hydrogens is 775 g/mol. The number of likely N-dealkylation sites (N-methyl/N-ethyl adjacent to an activating group) is 1. The molecule has 2 aliphatic carbocycles. The van der Waals surface area contributed by atoms with E-state index in [1.807, 2.05) is 30.3 Å². The number of benzene rings is 2. The first kappa shape index (κ1) is 41.9. The normalized spacial score (nSPS) is 22.7. The van der Waals surface area contributed by atoms with Gasteiger partial charge in [0.25, 0.3) is 11.8 Å². The first-order valence-corrected chi connectivity index (χ1v) is 21.9. The van der Waals surface area contributed by atoms with E-state index in [0.29, 0.717) is 68.2 Å². The number of nitrogens with zero attached hydrogens (tertiary/aromatic N) is 5. The predicted molar refractivity (Wildman–Crippen MR) is 230 cm³/mol. The summed E-state index contributed by atoms with van der Waals surface area (Å²) in [5.41, 5.74) is 4.23. The van der Waals surface area contributed by atoms with Crippen molar-refractivity contribution in [2.24, 2.45) is 0 Å². The lowest BCUT2D eigenvalue weighted by atomic mass is 9.91. The van der Waals surface area contributed by atoms with Crippen LogP contribution in [0.5, 0.6) is 0 Å². The van der Waals surface area contributed by atoms with Gasteiger partial charge >= 0.3 is 0 Å². The van der Waals surface area contributed by atoms with Crippen LogP contribution in [0.3, 0.4) is 0 Å². The van der Waals surface area contributed by atoms with E-state index in [1.165, 1.54) is 0 Å². The van der Waals surface area contributed by atoms with Crippen LogP contribution >= 0.6 is 0 Å². The molecule has 5 aliphatic rings. The number of aromatic nitrogens is 2. The number of hydrogen-bond donors (Lipinski definition) is 4. The monoisotopic (exact) mass is 829 g/mol. The highest BCUT2D eigenvalue weighted by molar-refractivity contribution is 6.06. The molecule has 0 spiro atoms. The number of hydrogen-bond acceptors (Lipinski definition) is 11. The van der Waals surface area contributed by atoms with E-state index >= 15 is 0 Å². The Balaban J connectivity index is 0.734. The molecule has 2 saturated carbocycles. The first-order chi connectivity index (χ1) is 29.7. The number of rotatable bonds is 13. The molecule has 61 heavy (non-hydrogen) atoms. The van der Waals surface area contributed by atoms with E-state index < -0.39 is 11.9 Å². The summed E-state index contributed by atoms with van der Waals surface area (Å²) in [5.74, 6) is 6.65. The summed E-state index contributed by atoms with van der Waals surface area (Å²) in [4.78, 5) is 78.4. The molecule has 15 heteroatoms. The zero-order chi connectivity index (χ0) is 42.5. The standard InChI is InChI=1S/C46H55N9O6/c1-3-37-45(60)53(2)39-27-48-46(52-41(39)55(37)34-11-4-5-12-34)50-33-16-14-30(15-17-33)42(57)49-32-20-18-31(19-21-32)47-24-26-61-25-7-6-9-29-10-8-13-35-36(29)28-54(44(35)59)38-22-23-40(56)51-43(38)58/h8,10,13-17,27,31-32,34,37-38,47H,3-5,7,11-12,18-26,28H2,1-2H3,(H,49,57)(H,48,50,52)(H,51,56,58)/t31-,32+,37-,38?/m1/s1. The highest BCUT2D eigenvalue weighted by atomic mass is 16.5. The molecule has 8 rings (SSSR count). The Labute approximate surface area is 356 Å². The summed E-state index contributed by atoms with van der Waals surface area (Å²) >= 11 is 0. The van der Waals surface area contributed by atoms with Crippen LogP contribution in [0.1, 0.15) is 116 Å². The lowest BCUT2D eigenvalue weighted by Gasteiger charge is -2.43. The number of piperidine rings is 1. The van der Waals surface area contributed by atoms with Crippen LogP contribution in [0.25, 0.3) is 0 Å². The van der Waals surface area contributed by atoms with Crippen molar-refractivity contribution in [3.8, 4) is 11.8 Å². The number of imide groups is 1. The molecule has 4 heterocycles. The number of carbonyl (C=O) groups is 5. The predicted octanol–water partition coefficient (Wildman–Crippen LogP) is 4.57. The number of nitrogens with one attached hydrogen (secondary N) is 4. The van der Waals surface area contributed by atoms with E-state index in [2.05, 4.69) is 49.9 Å². The summed E-state index contributed by atoms with van der Waals surface area (Å²) in [5, 5.41) is 12.4. The Kier molecular flexibility index (Phi) is 12.9. The number of amides is 5. The van der Waals surface area contributed by atoms with Crippen LogP contribution in [0, 0.1) is 11.8 Å². The summed E-state index contributed by atoms with van der Waals surface area (Å²) in [6, 6.07) is 12.7. The Morgan fingerprint density at radius 3 is 2.48 bits per heavy atom. The van der Waals surface area contributed by atoms with Crippen LogP contribution in [-0.4, -0.2) is 101 Å². The Morgan fingerprint density at radius 1 is 0.951 bits per heavy atom. The molecule has 3 fully saturated rings. The molecule has 3 aromatic rings. The van der Waals surface area contributed by atoms with E-state index in [1.54, 1.807) is 35.2 Å². The molecule has 1 aromatic heterocycles. The van der Waals surface area contributed by atoms with Gasteiger partial charge in [-0.25, -0.2) is 4.98 Å². The highest BCUT2D eigenvalue weighted by Crippen LogP contribution is 2.40. The molecule has 3 aliphatic heterocycles. The van der Waals surface area contributed by atoms with Gasteiger partial charge in [0.05, 0.1) is 19.4 Å². The fraction of sp³-hybridized carbons (Fsp3) is 0.500. The Hall–Kier alpha value is -5.85. The summed E-state index contributed by atoms with van der Waals surface area (Å²) in [6.07, 6.45) is 11.7. The van der Waals surface area contributed by atoms with E-state index in [0.717, 1.165) is 86.2 Å². The quantitative estimate of drug-likeness (QED) is 0.108. The van der Waals surface area contributed by atoms with Gasteiger partial charge in [0, 0.05) is 73.5 Å². The maximum atomic E-state index is 13.2.